The van der Waals surface area contributed by atoms with Crippen LogP contribution in [-0.4, -0.2) is 27.7 Å². The van der Waals surface area contributed by atoms with Crippen LogP contribution in [0.4, 0.5) is 0 Å². The highest BCUT2D eigenvalue weighted by Crippen LogP contribution is 2.28. The third-order valence-electron chi connectivity index (χ3n) is 2.92. The van der Waals surface area contributed by atoms with Crippen molar-refractivity contribution in [1.29, 1.82) is 0 Å². The van der Waals surface area contributed by atoms with E-state index >= 15 is 0 Å². The number of aromatic nitrogens is 2. The van der Waals surface area contributed by atoms with Gasteiger partial charge in [0.2, 0.25) is 0 Å². The fraction of sp³-hybridized carbons (Fsp3) is 0.385. The first kappa shape index (κ1) is 15.1. The molecule has 0 aliphatic rings. The molecule has 108 valence electrons. The summed E-state index contributed by atoms with van der Waals surface area (Å²) in [6.45, 7) is 0.885. The molecule has 2 rings (SSSR count). The van der Waals surface area contributed by atoms with Crippen LogP contribution < -0.4 is 0 Å². The number of carbonyl (C=O) groups is 1. The third-order valence-corrected chi connectivity index (χ3v) is 3.64. The summed E-state index contributed by atoms with van der Waals surface area (Å²) < 4.78 is 7.04. The minimum Gasteiger partial charge on any atom is -0.481 e. The number of carboxylic acid groups (broad SMARTS) is 1. The number of imidazole rings is 1. The molecule has 0 unspecified atom stereocenters. The second kappa shape index (κ2) is 6.43. The summed E-state index contributed by atoms with van der Waals surface area (Å²) in [4.78, 5) is 15.1. The number of methoxy groups -OCH3 is 1. The van der Waals surface area contributed by atoms with Crippen molar-refractivity contribution in [2.45, 2.75) is 26.0 Å². The Morgan fingerprint density at radius 3 is 2.75 bits per heavy atom. The van der Waals surface area contributed by atoms with Crippen LogP contribution in [0.2, 0.25) is 10.0 Å². The average Bonchev–Trinajstić information content (AvgIpc) is 2.68. The molecule has 0 atom stereocenters. The maximum Gasteiger partial charge on any atom is 0.303 e. The van der Waals surface area contributed by atoms with Crippen LogP contribution in [0.15, 0.2) is 12.1 Å². The Morgan fingerprint density at radius 2 is 2.10 bits per heavy atom. The van der Waals surface area contributed by atoms with Gasteiger partial charge in [-0.25, -0.2) is 4.98 Å². The number of hydrogen-bond acceptors (Lipinski definition) is 3. The van der Waals surface area contributed by atoms with E-state index in [-0.39, 0.29) is 6.42 Å². The van der Waals surface area contributed by atoms with E-state index in [1.807, 2.05) is 4.57 Å². The van der Waals surface area contributed by atoms with Gasteiger partial charge in [-0.05, 0) is 18.6 Å². The fourth-order valence-corrected chi connectivity index (χ4v) is 2.36. The van der Waals surface area contributed by atoms with E-state index in [4.69, 9.17) is 33.0 Å². The highest BCUT2D eigenvalue weighted by molar-refractivity contribution is 6.42. The van der Waals surface area contributed by atoms with E-state index in [0.29, 0.717) is 29.6 Å². The molecule has 20 heavy (non-hydrogen) atoms. The van der Waals surface area contributed by atoms with Gasteiger partial charge in [0, 0.05) is 20.1 Å². The van der Waals surface area contributed by atoms with Crippen molar-refractivity contribution in [1.82, 2.24) is 9.55 Å². The van der Waals surface area contributed by atoms with E-state index in [1.54, 1.807) is 19.2 Å². The van der Waals surface area contributed by atoms with Crippen molar-refractivity contribution >= 4 is 40.2 Å². The van der Waals surface area contributed by atoms with Crippen LogP contribution in [0, 0.1) is 0 Å². The molecule has 0 saturated carbocycles. The van der Waals surface area contributed by atoms with E-state index in [2.05, 4.69) is 4.98 Å². The Balaban J connectivity index is 2.39. The Morgan fingerprint density at radius 1 is 1.40 bits per heavy atom. The lowest BCUT2D eigenvalue weighted by Gasteiger charge is -2.08. The molecular formula is C13H14Cl2N2O3. The zero-order chi connectivity index (χ0) is 14.7. The average molecular weight is 317 g/mol. The van der Waals surface area contributed by atoms with Gasteiger partial charge >= 0.3 is 5.97 Å². The minimum absolute atomic E-state index is 0.105. The number of hydrogen-bond donors (Lipinski definition) is 1. The van der Waals surface area contributed by atoms with Gasteiger partial charge in [0.15, 0.2) is 0 Å². The number of nitrogens with zero attached hydrogens (tertiary/aromatic N) is 2. The maximum absolute atomic E-state index is 10.6. The smallest absolute Gasteiger partial charge is 0.303 e. The molecule has 0 saturated heterocycles. The molecule has 2 aromatic rings. The summed E-state index contributed by atoms with van der Waals surface area (Å²) in [6, 6.07) is 3.44. The number of halogens is 2. The first-order valence-corrected chi connectivity index (χ1v) is 6.83. The second-order valence-electron chi connectivity index (χ2n) is 4.37. The van der Waals surface area contributed by atoms with Crippen LogP contribution in [0.1, 0.15) is 18.7 Å². The molecule has 1 aromatic heterocycles. The van der Waals surface area contributed by atoms with Crippen molar-refractivity contribution in [2.75, 3.05) is 7.11 Å². The molecule has 0 spiro atoms. The fourth-order valence-electron chi connectivity index (χ4n) is 2.05. The van der Waals surface area contributed by atoms with E-state index < -0.39 is 5.97 Å². The number of fused-ring (bicyclic) bond motifs is 1. The van der Waals surface area contributed by atoms with Crippen molar-refractivity contribution in [2.24, 2.45) is 0 Å². The van der Waals surface area contributed by atoms with Crippen molar-refractivity contribution in [3.63, 3.8) is 0 Å². The van der Waals surface area contributed by atoms with Gasteiger partial charge in [0.05, 0.1) is 21.1 Å². The SMILES string of the molecule is COCc1nc2cc(Cl)c(Cl)cc2n1CCCC(=O)O. The number of ether oxygens (including phenoxy) is 1. The van der Waals surface area contributed by atoms with Gasteiger partial charge in [0.25, 0.3) is 0 Å². The standard InChI is InChI=1S/C13H14Cl2N2O3/c1-20-7-12-16-10-5-8(14)9(15)6-11(10)17(12)4-2-3-13(18)19/h5-6H,2-4,7H2,1H3,(H,18,19). The number of benzene rings is 1. The lowest BCUT2D eigenvalue weighted by Crippen LogP contribution is -2.07. The van der Waals surface area contributed by atoms with Crippen molar-refractivity contribution < 1.29 is 14.6 Å². The molecule has 0 aliphatic carbocycles. The van der Waals surface area contributed by atoms with Crippen LogP contribution in [0.3, 0.4) is 0 Å². The van der Waals surface area contributed by atoms with Gasteiger partial charge in [-0.3, -0.25) is 4.79 Å². The minimum atomic E-state index is -0.816. The molecule has 1 N–H and O–H groups in total. The Bertz CT molecular complexity index is 640. The first-order chi connectivity index (χ1) is 9.52. The quantitative estimate of drug-likeness (QED) is 0.887. The topological polar surface area (TPSA) is 64.4 Å². The first-order valence-electron chi connectivity index (χ1n) is 6.08. The highest BCUT2D eigenvalue weighted by atomic mass is 35.5. The van der Waals surface area contributed by atoms with Crippen molar-refractivity contribution in [3.05, 3.63) is 28.0 Å². The third kappa shape index (κ3) is 3.23. The summed E-state index contributed by atoms with van der Waals surface area (Å²) in [5.74, 6) is -0.0880. The van der Waals surface area contributed by atoms with E-state index in [1.165, 1.54) is 0 Å². The Kier molecular flexibility index (Phi) is 4.86. The zero-order valence-corrected chi connectivity index (χ0v) is 12.4. The normalized spacial score (nSPS) is 11.2. The lowest BCUT2D eigenvalue weighted by molar-refractivity contribution is -0.137. The van der Waals surface area contributed by atoms with E-state index in [0.717, 1.165) is 16.9 Å². The van der Waals surface area contributed by atoms with Gasteiger partial charge < -0.3 is 14.4 Å². The Hall–Kier alpha value is -1.30. The second-order valence-corrected chi connectivity index (χ2v) is 5.18. The largest absolute Gasteiger partial charge is 0.481 e. The summed E-state index contributed by atoms with van der Waals surface area (Å²) in [5, 5.41) is 9.61. The molecular weight excluding hydrogens is 303 g/mol. The van der Waals surface area contributed by atoms with E-state index in [9.17, 15) is 4.79 Å². The monoisotopic (exact) mass is 316 g/mol. The summed E-state index contributed by atoms with van der Waals surface area (Å²) >= 11 is 12.0. The molecule has 0 amide bonds. The number of rotatable bonds is 6. The van der Waals surface area contributed by atoms with Gasteiger partial charge in [0.1, 0.15) is 12.4 Å². The predicted molar refractivity (Wildman–Crippen MR) is 77.3 cm³/mol. The van der Waals surface area contributed by atoms with Gasteiger partial charge in [-0.1, -0.05) is 23.2 Å². The summed E-state index contributed by atoms with van der Waals surface area (Å²) in [7, 11) is 1.58. The molecule has 7 heteroatoms. The van der Waals surface area contributed by atoms with Crippen LogP contribution >= 0.6 is 23.2 Å². The van der Waals surface area contributed by atoms with Crippen LogP contribution in [-0.2, 0) is 22.7 Å². The van der Waals surface area contributed by atoms with Crippen LogP contribution in [0.25, 0.3) is 11.0 Å². The summed E-state index contributed by atoms with van der Waals surface area (Å²) in [5.41, 5.74) is 1.55. The molecule has 0 fully saturated rings. The van der Waals surface area contributed by atoms with Crippen molar-refractivity contribution in [3.8, 4) is 0 Å². The van der Waals surface area contributed by atoms with Gasteiger partial charge in [-0.15, -0.1) is 0 Å². The lowest BCUT2D eigenvalue weighted by atomic mass is 10.3. The zero-order valence-electron chi connectivity index (χ0n) is 10.9. The number of aliphatic carboxylic acids is 1. The van der Waals surface area contributed by atoms with Crippen LogP contribution in [0.5, 0.6) is 0 Å². The van der Waals surface area contributed by atoms with Gasteiger partial charge in [-0.2, -0.15) is 0 Å². The molecule has 0 bridgehead atoms. The number of aryl methyl sites for hydroxylation is 1. The molecule has 1 aromatic carbocycles. The molecule has 0 aliphatic heterocycles. The Labute approximate surface area is 126 Å². The molecule has 1 heterocycles. The maximum atomic E-state index is 10.6. The highest BCUT2D eigenvalue weighted by Gasteiger charge is 2.13. The number of carboxylic acids is 1. The summed E-state index contributed by atoms with van der Waals surface area (Å²) in [6.07, 6.45) is 0.616. The molecule has 0 radical (unpaired) electrons. The predicted octanol–water partition coefficient (Wildman–Crippen LogP) is 3.35. The molecule has 5 nitrogen and oxygen atoms in total.